The fourth-order valence-electron chi connectivity index (χ4n) is 9.64. The van der Waals surface area contributed by atoms with Crippen LogP contribution in [0, 0.1) is 27.3 Å². The van der Waals surface area contributed by atoms with Crippen molar-refractivity contribution in [3.63, 3.8) is 0 Å². The molecule has 5 N–H and O–H groups in total. The molecule has 22 heteroatoms. The molecule has 8 aromatic rings. The number of pyridine rings is 1. The van der Waals surface area contributed by atoms with Crippen molar-refractivity contribution in [2.75, 3.05) is 62.8 Å². The number of rotatable bonds is 24. The topological polar surface area (TPSA) is 222 Å². The van der Waals surface area contributed by atoms with E-state index in [4.69, 9.17) is 36.9 Å². The normalized spacial score (nSPS) is 12.1. The van der Waals surface area contributed by atoms with Crippen LogP contribution in [0.1, 0.15) is 107 Å². The van der Waals surface area contributed by atoms with Crippen LogP contribution < -0.4 is 10.2 Å². The van der Waals surface area contributed by atoms with E-state index in [0.29, 0.717) is 75.0 Å². The van der Waals surface area contributed by atoms with Crippen molar-refractivity contribution in [3.8, 4) is 5.13 Å². The minimum Gasteiger partial charge on any atom is -0.395 e. The zero-order valence-corrected chi connectivity index (χ0v) is 52.3. The summed E-state index contributed by atoms with van der Waals surface area (Å²) in [5.74, 6) is 1.13. The summed E-state index contributed by atoms with van der Waals surface area (Å²) in [5.41, 5.74) is 11.0. The fraction of sp³-hybridized carbons (Fsp3) is 0.417. The Kier molecular flexibility index (Phi) is 21.6. The van der Waals surface area contributed by atoms with Crippen molar-refractivity contribution in [2.24, 2.45) is 10.2 Å². The standard InChI is InChI=1S/C58H70N12O6S4.C2H6/c1-12-38-28-35(5)29-39(13-2)50(38)63-54-49(64-65-55-51(59-11)53(58(8,9)10)66-70(55)57-61-44-18-16-42(33-46(44)78-57)79-67(20-24-71)21-25-72)37(7)32-48(62-54)69(52-40(14-3)30-36(6)31-41(52)15-4)56-60-45-19-17-43(34-47(45)77-56)80(75,76)68(22-26-73)23-27-74;1-2/h16-19,28-34,71-74H,12-15,20-27H2,1-10H3,(H,62,63);1-2H3. The van der Waals surface area contributed by atoms with Gasteiger partial charge < -0.3 is 25.7 Å². The molecule has 436 valence electrons. The number of anilines is 5. The van der Waals surface area contributed by atoms with Gasteiger partial charge in [0.25, 0.3) is 5.69 Å². The number of azo groups is 1. The van der Waals surface area contributed by atoms with E-state index in [1.54, 1.807) is 16.8 Å². The van der Waals surface area contributed by atoms with E-state index in [0.717, 1.165) is 77.0 Å². The molecule has 0 bridgehead atoms. The van der Waals surface area contributed by atoms with Crippen molar-refractivity contribution in [1.29, 1.82) is 0 Å². The van der Waals surface area contributed by atoms with Gasteiger partial charge in [-0.25, -0.2) is 32.5 Å². The maximum absolute atomic E-state index is 13.9. The highest BCUT2D eigenvalue weighted by Gasteiger charge is 2.31. The number of fused-ring (bicyclic) bond motifs is 2. The molecule has 0 spiro atoms. The quantitative estimate of drug-likeness (QED) is 0.0216. The predicted octanol–water partition coefficient (Wildman–Crippen LogP) is 13.4. The summed E-state index contributed by atoms with van der Waals surface area (Å²) in [7, 11) is -4.09. The van der Waals surface area contributed by atoms with Crippen molar-refractivity contribution < 1.29 is 28.8 Å². The van der Waals surface area contributed by atoms with Gasteiger partial charge >= 0.3 is 0 Å². The molecule has 0 unspecified atom stereocenters. The summed E-state index contributed by atoms with van der Waals surface area (Å²) < 4.78 is 33.9. The summed E-state index contributed by atoms with van der Waals surface area (Å²) in [4.78, 5) is 22.8. The van der Waals surface area contributed by atoms with Gasteiger partial charge in [-0.1, -0.05) is 120 Å². The molecule has 0 aliphatic rings. The summed E-state index contributed by atoms with van der Waals surface area (Å²) in [6.07, 6.45) is 2.85. The van der Waals surface area contributed by atoms with Gasteiger partial charge in [0.15, 0.2) is 16.8 Å². The van der Waals surface area contributed by atoms with E-state index < -0.39 is 28.7 Å². The van der Waals surface area contributed by atoms with E-state index in [2.05, 4.69) is 80.9 Å². The Morgan fingerprint density at radius 3 is 1.84 bits per heavy atom. The minimum absolute atomic E-state index is 0.0181. The minimum atomic E-state index is -4.09. The molecule has 0 aliphatic carbocycles. The Balaban J connectivity index is 0.00000479. The van der Waals surface area contributed by atoms with E-state index in [1.165, 1.54) is 40.7 Å². The Morgan fingerprint density at radius 2 is 1.28 bits per heavy atom. The summed E-state index contributed by atoms with van der Waals surface area (Å²) in [5, 5.41) is 58.7. The second-order valence-electron chi connectivity index (χ2n) is 20.3. The highest BCUT2D eigenvalue weighted by Crippen LogP contribution is 2.48. The first-order chi connectivity index (χ1) is 39.3. The first kappa shape index (κ1) is 63.4. The molecule has 4 heterocycles. The lowest BCUT2D eigenvalue weighted by atomic mass is 9.91. The number of aryl methyl sites for hydroxylation is 7. The third kappa shape index (κ3) is 13.7. The zero-order chi connectivity index (χ0) is 59.6. The lowest BCUT2D eigenvalue weighted by Gasteiger charge is -2.28. The van der Waals surface area contributed by atoms with Crippen LogP contribution in [-0.2, 0) is 41.1 Å². The van der Waals surface area contributed by atoms with Gasteiger partial charge in [0.05, 0.1) is 69.7 Å². The summed E-state index contributed by atoms with van der Waals surface area (Å²) >= 11 is 4.17. The Hall–Kier alpha value is -6.23. The number of nitrogens with zero attached hydrogens (tertiary/aromatic N) is 11. The van der Waals surface area contributed by atoms with Crippen LogP contribution in [0.3, 0.4) is 0 Å². The number of aliphatic hydroxyl groups is 4. The Labute approximate surface area is 494 Å². The molecule has 4 aromatic heterocycles. The summed E-state index contributed by atoms with van der Waals surface area (Å²) in [6.45, 7) is 32.7. The highest BCUT2D eigenvalue weighted by molar-refractivity contribution is 7.97. The molecule has 0 atom stereocenters. The van der Waals surface area contributed by atoms with Crippen molar-refractivity contribution >= 4 is 110 Å². The number of thiazole rings is 2. The molecule has 18 nitrogen and oxygen atoms in total. The van der Waals surface area contributed by atoms with Crippen LogP contribution >= 0.6 is 34.6 Å². The predicted molar refractivity (Wildman–Crippen MR) is 335 cm³/mol. The van der Waals surface area contributed by atoms with Crippen molar-refractivity contribution in [2.45, 2.75) is 124 Å². The molecule has 0 amide bonds. The molecule has 0 saturated carbocycles. The lowest BCUT2D eigenvalue weighted by Crippen LogP contribution is -2.35. The number of hydrogen-bond acceptors (Lipinski definition) is 18. The SMILES string of the molecule is CC.[C-]#[N+]c1c(C(C)(C)C)nn(-c2nc3ccc(SN(CCO)CCO)cc3s2)c1N=Nc1c(C)cc(N(c2nc3ccc(S(=O)(=O)N(CCO)CCO)cc3s2)c2c(CC)cc(C)cc2CC)nc1Nc1c(CC)cc(C)cc1CC. The highest BCUT2D eigenvalue weighted by atomic mass is 32.2. The number of hydrogen-bond donors (Lipinski definition) is 5. The third-order valence-electron chi connectivity index (χ3n) is 13.5. The van der Waals surface area contributed by atoms with Crippen LogP contribution in [0.5, 0.6) is 0 Å². The zero-order valence-electron chi connectivity index (χ0n) is 49.0. The van der Waals surface area contributed by atoms with Crippen LogP contribution in [0.15, 0.2) is 86.7 Å². The molecule has 0 aliphatic heterocycles. The molecule has 0 saturated heterocycles. The Morgan fingerprint density at radius 1 is 0.720 bits per heavy atom. The van der Waals surface area contributed by atoms with Crippen LogP contribution in [0.4, 0.5) is 45.3 Å². The second kappa shape index (κ2) is 27.9. The van der Waals surface area contributed by atoms with Crippen LogP contribution in [-0.4, -0.2) is 115 Å². The summed E-state index contributed by atoms with van der Waals surface area (Å²) in [6, 6.07) is 21.3. The van der Waals surface area contributed by atoms with Crippen molar-refractivity contribution in [3.05, 3.63) is 123 Å². The monoisotopic (exact) mass is 1190 g/mol. The van der Waals surface area contributed by atoms with Gasteiger partial charge in [-0.2, -0.15) is 14.1 Å². The maximum Gasteiger partial charge on any atom is 0.255 e. The van der Waals surface area contributed by atoms with Gasteiger partial charge in [-0.05, 0) is 134 Å². The molecule has 0 fully saturated rings. The third-order valence-corrected chi connectivity index (χ3v) is 18.5. The average molecular weight is 1190 g/mol. The fourth-order valence-corrected chi connectivity index (χ4v) is 14.2. The van der Waals surface area contributed by atoms with Crippen LogP contribution in [0.2, 0.25) is 0 Å². The number of aromatic nitrogens is 5. The molecule has 8 rings (SSSR count). The first-order valence-corrected chi connectivity index (χ1v) is 31.6. The number of benzene rings is 4. The second-order valence-corrected chi connectivity index (χ2v) is 25.5. The van der Waals surface area contributed by atoms with Gasteiger partial charge in [0.2, 0.25) is 15.2 Å². The van der Waals surface area contributed by atoms with Gasteiger partial charge in [-0.15, -0.1) is 10.2 Å². The molecular weight excluding hydrogens is 1110 g/mol. The smallest absolute Gasteiger partial charge is 0.255 e. The van der Waals surface area contributed by atoms with Crippen molar-refractivity contribution in [1.82, 2.24) is 33.3 Å². The van der Waals surface area contributed by atoms with Gasteiger partial charge in [-0.3, -0.25) is 4.90 Å². The number of sulfonamides is 1. The Bertz CT molecular complexity index is 3670. The van der Waals surface area contributed by atoms with E-state index >= 15 is 0 Å². The molecular formula is C60H76N12O6S4. The van der Waals surface area contributed by atoms with Gasteiger partial charge in [0.1, 0.15) is 11.5 Å². The number of aliphatic hydroxyl groups excluding tert-OH is 4. The van der Waals surface area contributed by atoms with E-state index in [9.17, 15) is 28.8 Å². The molecule has 4 aromatic carbocycles. The largest absolute Gasteiger partial charge is 0.395 e. The first-order valence-electron chi connectivity index (χ1n) is 27.8. The maximum atomic E-state index is 13.9. The van der Waals surface area contributed by atoms with E-state index in [-0.39, 0.29) is 42.7 Å². The number of nitrogens with one attached hydrogen (secondary N) is 1. The average Bonchev–Trinajstić information content (AvgIpc) is 4.29. The molecule has 82 heavy (non-hydrogen) atoms. The van der Waals surface area contributed by atoms with E-state index in [1.807, 2.05) is 70.1 Å². The van der Waals surface area contributed by atoms with Gasteiger partial charge in [0, 0.05) is 36.8 Å². The lowest BCUT2D eigenvalue weighted by molar-refractivity contribution is 0.217. The van der Waals surface area contributed by atoms with Crippen LogP contribution in [0.25, 0.3) is 30.4 Å². The molecule has 0 radical (unpaired) electrons.